The van der Waals surface area contributed by atoms with Crippen LogP contribution in [0, 0.1) is 13.8 Å². The SMILES string of the molecule is Cc1ncsc1COc1ccc2oc(C)c(C(=O)NC(C)(C)CC(N)=O)c2c1. The van der Waals surface area contributed by atoms with E-state index < -0.39 is 11.4 Å². The summed E-state index contributed by atoms with van der Waals surface area (Å²) in [7, 11) is 0. The number of furan rings is 1. The second kappa shape index (κ2) is 7.63. The second-order valence-corrected chi connectivity index (χ2v) is 8.26. The molecule has 3 aromatic rings. The molecule has 3 rings (SSSR count). The molecular weight excluding hydrogens is 378 g/mol. The van der Waals surface area contributed by atoms with Crippen molar-refractivity contribution in [3.05, 3.63) is 45.6 Å². The Balaban J connectivity index is 1.85. The van der Waals surface area contributed by atoms with Crippen LogP contribution in [0.2, 0.25) is 0 Å². The Labute approximate surface area is 166 Å². The molecule has 7 nitrogen and oxygen atoms in total. The van der Waals surface area contributed by atoms with Crippen LogP contribution >= 0.6 is 11.3 Å². The number of nitrogens with two attached hydrogens (primary N) is 1. The normalized spacial score (nSPS) is 11.6. The van der Waals surface area contributed by atoms with Crippen molar-refractivity contribution in [3.63, 3.8) is 0 Å². The standard InChI is InChI=1S/C20H23N3O4S/c1-11-16(28-10-22-11)9-26-13-5-6-15-14(7-13)18(12(2)27-15)19(25)23-20(3,4)8-17(21)24/h5-7,10H,8-9H2,1-4H3,(H2,21,24)(H,23,25). The predicted octanol–water partition coefficient (Wildman–Crippen LogP) is 3.47. The highest BCUT2D eigenvalue weighted by Crippen LogP contribution is 2.30. The van der Waals surface area contributed by atoms with E-state index in [1.54, 1.807) is 44.5 Å². The monoisotopic (exact) mass is 401 g/mol. The zero-order valence-corrected chi connectivity index (χ0v) is 17.1. The first-order valence-corrected chi connectivity index (χ1v) is 9.70. The van der Waals surface area contributed by atoms with Crippen molar-refractivity contribution in [2.45, 2.75) is 46.3 Å². The number of aromatic nitrogens is 1. The van der Waals surface area contributed by atoms with Gasteiger partial charge in [-0.05, 0) is 45.9 Å². The van der Waals surface area contributed by atoms with Crippen molar-refractivity contribution in [1.29, 1.82) is 0 Å². The van der Waals surface area contributed by atoms with Gasteiger partial charge in [0.05, 0.1) is 21.6 Å². The molecule has 0 saturated heterocycles. The Morgan fingerprint density at radius 3 is 2.71 bits per heavy atom. The molecule has 0 atom stereocenters. The maximum Gasteiger partial charge on any atom is 0.255 e. The summed E-state index contributed by atoms with van der Waals surface area (Å²) in [4.78, 5) is 29.4. The lowest BCUT2D eigenvalue weighted by Crippen LogP contribution is -2.46. The highest BCUT2D eigenvalue weighted by molar-refractivity contribution is 7.09. The molecule has 0 bridgehead atoms. The zero-order valence-electron chi connectivity index (χ0n) is 16.3. The van der Waals surface area contributed by atoms with Crippen LogP contribution in [0.25, 0.3) is 11.0 Å². The molecule has 2 heterocycles. The molecule has 148 valence electrons. The molecule has 3 N–H and O–H groups in total. The second-order valence-electron chi connectivity index (χ2n) is 7.32. The number of benzene rings is 1. The van der Waals surface area contributed by atoms with Crippen LogP contribution in [0.3, 0.4) is 0 Å². The molecule has 0 unspecified atom stereocenters. The van der Waals surface area contributed by atoms with Crippen LogP contribution in [0.15, 0.2) is 28.1 Å². The first kappa shape index (κ1) is 19.9. The van der Waals surface area contributed by atoms with Crippen molar-refractivity contribution < 1.29 is 18.7 Å². The molecule has 0 aliphatic carbocycles. The predicted molar refractivity (Wildman–Crippen MR) is 107 cm³/mol. The molecular formula is C20H23N3O4S. The van der Waals surface area contributed by atoms with Crippen LogP contribution < -0.4 is 15.8 Å². The Kier molecular flexibility index (Phi) is 5.42. The quantitative estimate of drug-likeness (QED) is 0.630. The lowest BCUT2D eigenvalue weighted by Gasteiger charge is -2.24. The summed E-state index contributed by atoms with van der Waals surface area (Å²) < 4.78 is 11.6. The molecule has 28 heavy (non-hydrogen) atoms. The molecule has 2 amide bonds. The highest BCUT2D eigenvalue weighted by atomic mass is 32.1. The van der Waals surface area contributed by atoms with Crippen molar-refractivity contribution in [1.82, 2.24) is 10.3 Å². The maximum absolute atomic E-state index is 12.9. The van der Waals surface area contributed by atoms with E-state index in [1.807, 2.05) is 6.92 Å². The van der Waals surface area contributed by atoms with Gasteiger partial charge in [-0.25, -0.2) is 4.98 Å². The van der Waals surface area contributed by atoms with Gasteiger partial charge < -0.3 is 20.2 Å². The average Bonchev–Trinajstić information content (AvgIpc) is 3.12. The molecule has 0 radical (unpaired) electrons. The van der Waals surface area contributed by atoms with E-state index in [4.69, 9.17) is 14.9 Å². The van der Waals surface area contributed by atoms with Crippen LogP contribution in [0.1, 0.15) is 47.0 Å². The van der Waals surface area contributed by atoms with Gasteiger partial charge in [0.2, 0.25) is 5.91 Å². The Morgan fingerprint density at radius 1 is 1.32 bits per heavy atom. The number of carbonyl (C=O) groups is 2. The zero-order chi connectivity index (χ0) is 20.5. The van der Waals surface area contributed by atoms with Gasteiger partial charge in [-0.3, -0.25) is 9.59 Å². The summed E-state index contributed by atoms with van der Waals surface area (Å²) in [6.45, 7) is 7.58. The fraction of sp³-hybridized carbons (Fsp3) is 0.350. The average molecular weight is 401 g/mol. The molecule has 0 aliphatic heterocycles. The molecule has 0 spiro atoms. The summed E-state index contributed by atoms with van der Waals surface area (Å²) in [6, 6.07) is 5.38. The summed E-state index contributed by atoms with van der Waals surface area (Å²) in [5, 5.41) is 3.51. The first-order chi connectivity index (χ1) is 13.2. The third-order valence-corrected chi connectivity index (χ3v) is 5.25. The Morgan fingerprint density at radius 2 is 2.07 bits per heavy atom. The minimum Gasteiger partial charge on any atom is -0.488 e. The number of ether oxygens (including phenoxy) is 1. The largest absolute Gasteiger partial charge is 0.488 e. The van der Waals surface area contributed by atoms with Crippen LogP contribution in [-0.2, 0) is 11.4 Å². The van der Waals surface area contributed by atoms with E-state index in [2.05, 4.69) is 10.3 Å². The summed E-state index contributed by atoms with van der Waals surface area (Å²) in [5.74, 6) is 0.329. The van der Waals surface area contributed by atoms with E-state index in [0.717, 1.165) is 10.6 Å². The van der Waals surface area contributed by atoms with Gasteiger partial charge in [-0.1, -0.05) is 0 Å². The number of primary amides is 1. The number of fused-ring (bicyclic) bond motifs is 1. The Bertz CT molecular complexity index is 1040. The number of hydrogen-bond donors (Lipinski definition) is 2. The van der Waals surface area contributed by atoms with Crippen molar-refractivity contribution in [3.8, 4) is 5.75 Å². The topological polar surface area (TPSA) is 107 Å². The van der Waals surface area contributed by atoms with Gasteiger partial charge in [0.1, 0.15) is 23.7 Å². The molecule has 8 heteroatoms. The van der Waals surface area contributed by atoms with Crippen molar-refractivity contribution >= 4 is 34.1 Å². The lowest BCUT2D eigenvalue weighted by atomic mass is 9.99. The number of nitrogens with one attached hydrogen (secondary N) is 1. The number of aryl methyl sites for hydroxylation is 2. The molecule has 2 aromatic heterocycles. The number of nitrogens with zero attached hydrogens (tertiary/aromatic N) is 1. The molecule has 0 fully saturated rings. The van der Waals surface area contributed by atoms with E-state index in [0.29, 0.717) is 34.6 Å². The molecule has 0 aliphatic rings. The minimum atomic E-state index is -0.767. The van der Waals surface area contributed by atoms with Gasteiger partial charge in [0.25, 0.3) is 5.91 Å². The fourth-order valence-electron chi connectivity index (χ4n) is 3.03. The first-order valence-electron chi connectivity index (χ1n) is 8.82. The Hall–Kier alpha value is -2.87. The third kappa shape index (κ3) is 4.33. The third-order valence-electron chi connectivity index (χ3n) is 4.35. The highest BCUT2D eigenvalue weighted by Gasteiger charge is 2.27. The van der Waals surface area contributed by atoms with Crippen molar-refractivity contribution in [2.24, 2.45) is 5.73 Å². The smallest absolute Gasteiger partial charge is 0.255 e. The van der Waals surface area contributed by atoms with E-state index in [9.17, 15) is 9.59 Å². The van der Waals surface area contributed by atoms with Crippen LogP contribution in [-0.4, -0.2) is 22.3 Å². The van der Waals surface area contributed by atoms with E-state index in [-0.39, 0.29) is 12.3 Å². The number of hydrogen-bond acceptors (Lipinski definition) is 6. The number of thiazole rings is 1. The van der Waals surface area contributed by atoms with E-state index in [1.165, 1.54) is 11.3 Å². The maximum atomic E-state index is 12.9. The fourth-order valence-corrected chi connectivity index (χ4v) is 3.72. The lowest BCUT2D eigenvalue weighted by molar-refractivity contribution is -0.119. The van der Waals surface area contributed by atoms with Gasteiger partial charge in [0.15, 0.2) is 0 Å². The van der Waals surface area contributed by atoms with Crippen LogP contribution in [0.4, 0.5) is 0 Å². The van der Waals surface area contributed by atoms with Crippen LogP contribution in [0.5, 0.6) is 5.75 Å². The van der Waals surface area contributed by atoms with E-state index >= 15 is 0 Å². The van der Waals surface area contributed by atoms with Gasteiger partial charge in [-0.2, -0.15) is 0 Å². The molecule has 1 aromatic carbocycles. The summed E-state index contributed by atoms with van der Waals surface area (Å²) in [6.07, 6.45) is 0.0378. The summed E-state index contributed by atoms with van der Waals surface area (Å²) in [5.41, 5.74) is 8.25. The molecule has 0 saturated carbocycles. The number of rotatable bonds is 7. The number of amides is 2. The summed E-state index contributed by atoms with van der Waals surface area (Å²) >= 11 is 1.54. The minimum absolute atomic E-state index is 0.0378. The van der Waals surface area contributed by atoms with Gasteiger partial charge >= 0.3 is 0 Å². The van der Waals surface area contributed by atoms with Gasteiger partial charge in [0, 0.05) is 17.3 Å². The van der Waals surface area contributed by atoms with Crippen molar-refractivity contribution in [2.75, 3.05) is 0 Å². The number of carbonyl (C=O) groups excluding carboxylic acids is 2. The van der Waals surface area contributed by atoms with Gasteiger partial charge in [-0.15, -0.1) is 11.3 Å².